The Balaban J connectivity index is 1.42. The molecule has 1 spiro atoms. The second-order valence-electron chi connectivity index (χ2n) is 7.45. The van der Waals surface area contributed by atoms with Gasteiger partial charge in [-0.1, -0.05) is 58.4 Å². The maximum absolute atomic E-state index is 13.2. The zero-order valence-corrected chi connectivity index (χ0v) is 18.4. The van der Waals surface area contributed by atoms with Gasteiger partial charge in [-0.2, -0.15) is 0 Å². The normalized spacial score (nSPS) is 27.7. The average Bonchev–Trinajstić information content (AvgIpc) is 3.17. The number of hydrogen-bond donors (Lipinski definition) is 2. The van der Waals surface area contributed by atoms with Crippen LogP contribution in [0.2, 0.25) is 0 Å². The number of hydrogen-bond acceptors (Lipinski definition) is 6. The van der Waals surface area contributed by atoms with Gasteiger partial charge < -0.3 is 24.6 Å². The lowest BCUT2D eigenvalue weighted by molar-refractivity contribution is -0.153. The van der Waals surface area contributed by atoms with Crippen LogP contribution in [0.1, 0.15) is 11.1 Å². The molecule has 4 rings (SSSR count). The zero-order valence-electron chi connectivity index (χ0n) is 16.9. The largest absolute Gasteiger partial charge is 0.497 e. The van der Waals surface area contributed by atoms with Crippen molar-refractivity contribution in [3.63, 3.8) is 0 Å². The molecule has 2 saturated heterocycles. The molecule has 2 aromatic rings. The van der Waals surface area contributed by atoms with E-state index in [1.165, 1.54) is 0 Å². The summed E-state index contributed by atoms with van der Waals surface area (Å²) in [5.74, 6) is 0.123. The minimum Gasteiger partial charge on any atom is -0.497 e. The molecule has 31 heavy (non-hydrogen) atoms. The van der Waals surface area contributed by atoms with Crippen LogP contribution in [0.3, 0.4) is 0 Å². The monoisotopic (exact) mass is 490 g/mol. The summed E-state index contributed by atoms with van der Waals surface area (Å²) in [4.78, 5) is 26.0. The molecule has 164 valence electrons. The molecule has 2 aliphatic rings. The van der Waals surface area contributed by atoms with Gasteiger partial charge in [0.15, 0.2) is 0 Å². The summed E-state index contributed by atoms with van der Waals surface area (Å²) in [6, 6.07) is 16.1. The second-order valence-corrected chi connectivity index (χ2v) is 8.44. The molecular formula is C22H23BrN2O6. The summed E-state index contributed by atoms with van der Waals surface area (Å²) in [6.07, 6.45) is -1.82. The number of methoxy groups -OCH3 is 1. The molecule has 2 fully saturated rings. The van der Waals surface area contributed by atoms with Crippen LogP contribution in [0.25, 0.3) is 0 Å². The number of nitrogens with zero attached hydrogens (tertiary/aromatic N) is 1. The molecular weight excluding hydrogens is 468 g/mol. The topological polar surface area (TPSA) is 97.3 Å². The van der Waals surface area contributed by atoms with Gasteiger partial charge in [-0.15, -0.1) is 0 Å². The highest BCUT2D eigenvalue weighted by Crippen LogP contribution is 2.39. The first-order valence-corrected chi connectivity index (χ1v) is 10.7. The van der Waals surface area contributed by atoms with Gasteiger partial charge in [0, 0.05) is 0 Å². The van der Waals surface area contributed by atoms with Crippen molar-refractivity contribution in [3.8, 4) is 5.75 Å². The number of rotatable bonds is 7. The Hall–Kier alpha value is -2.46. The molecule has 0 saturated carbocycles. The summed E-state index contributed by atoms with van der Waals surface area (Å²) in [5.41, 5.74) is 0.0637. The lowest BCUT2D eigenvalue weighted by Gasteiger charge is -2.24. The third-order valence-corrected chi connectivity index (χ3v) is 6.59. The van der Waals surface area contributed by atoms with Gasteiger partial charge in [-0.3, -0.25) is 9.69 Å². The highest BCUT2D eigenvalue weighted by atomic mass is 79.9. The van der Waals surface area contributed by atoms with Gasteiger partial charge in [-0.05, 0) is 23.3 Å². The van der Waals surface area contributed by atoms with E-state index in [1.54, 1.807) is 31.4 Å². The molecule has 2 aliphatic heterocycles. The number of benzene rings is 2. The minimum atomic E-state index is -1.68. The maximum atomic E-state index is 13.2. The van der Waals surface area contributed by atoms with Gasteiger partial charge in [0.2, 0.25) is 5.72 Å². The third-order valence-electron chi connectivity index (χ3n) is 5.40. The lowest BCUT2D eigenvalue weighted by Crippen LogP contribution is -2.54. The van der Waals surface area contributed by atoms with Crippen LogP contribution in [0.15, 0.2) is 54.6 Å². The van der Waals surface area contributed by atoms with Gasteiger partial charge in [0.1, 0.15) is 22.8 Å². The maximum Gasteiger partial charge on any atom is 0.327 e. The first kappa shape index (κ1) is 21.8. The number of halogens is 1. The molecule has 2 aromatic carbocycles. The molecule has 3 amide bonds. The fourth-order valence-corrected chi connectivity index (χ4v) is 4.46. The summed E-state index contributed by atoms with van der Waals surface area (Å²) in [7, 11) is 1.56. The van der Waals surface area contributed by atoms with E-state index in [4.69, 9.17) is 14.2 Å². The Kier molecular flexibility index (Phi) is 6.29. The van der Waals surface area contributed by atoms with Gasteiger partial charge in [0.25, 0.3) is 5.91 Å². The van der Waals surface area contributed by atoms with Crippen molar-refractivity contribution in [2.24, 2.45) is 0 Å². The quantitative estimate of drug-likeness (QED) is 0.456. The summed E-state index contributed by atoms with van der Waals surface area (Å²) in [5, 5.41) is 13.2. The molecule has 2 unspecified atom stereocenters. The lowest BCUT2D eigenvalue weighted by atomic mass is 10.1. The van der Waals surface area contributed by atoms with Crippen molar-refractivity contribution < 1.29 is 28.9 Å². The zero-order chi connectivity index (χ0) is 22.0. The molecule has 0 aliphatic carbocycles. The first-order valence-electron chi connectivity index (χ1n) is 9.83. The van der Waals surface area contributed by atoms with Crippen LogP contribution in [0.5, 0.6) is 5.75 Å². The Morgan fingerprint density at radius 3 is 2.52 bits per heavy atom. The average molecular weight is 491 g/mol. The number of urea groups is 1. The number of alkyl halides is 1. The number of carbonyl (C=O) groups is 2. The van der Waals surface area contributed by atoms with Crippen molar-refractivity contribution in [3.05, 3.63) is 65.7 Å². The molecule has 0 aromatic heterocycles. The summed E-state index contributed by atoms with van der Waals surface area (Å²) in [6.45, 7) is 0.490. The number of aliphatic hydroxyl groups is 1. The van der Waals surface area contributed by atoms with Crippen molar-refractivity contribution in [2.75, 3.05) is 13.7 Å². The summed E-state index contributed by atoms with van der Waals surface area (Å²) >= 11 is 3.36. The molecule has 2 N–H and O–H groups in total. The molecule has 2 heterocycles. The Labute approximate surface area is 188 Å². The van der Waals surface area contributed by atoms with E-state index in [1.807, 2.05) is 30.3 Å². The number of ether oxygens (including phenoxy) is 3. The predicted octanol–water partition coefficient (Wildman–Crippen LogP) is 2.18. The smallest absolute Gasteiger partial charge is 0.327 e. The number of imide groups is 1. The van der Waals surface area contributed by atoms with Crippen LogP contribution in [0, 0.1) is 0 Å². The number of carbonyl (C=O) groups excluding carboxylic acids is 2. The SMILES string of the molecule is COc1ccc(CN2C(=O)NC3(O[C@H](COCc4ccccc4)[C@H](O)C3Br)C2=O)cc1. The van der Waals surface area contributed by atoms with E-state index >= 15 is 0 Å². The minimum absolute atomic E-state index is 0.0710. The Bertz CT molecular complexity index is 941. The van der Waals surface area contributed by atoms with Crippen molar-refractivity contribution in [1.82, 2.24) is 10.2 Å². The Morgan fingerprint density at radius 2 is 1.84 bits per heavy atom. The molecule has 8 nitrogen and oxygen atoms in total. The molecule has 9 heteroatoms. The number of amides is 3. The van der Waals surface area contributed by atoms with Crippen LogP contribution in [-0.4, -0.2) is 58.4 Å². The third kappa shape index (κ3) is 4.18. The number of nitrogens with one attached hydrogen (secondary N) is 1. The Morgan fingerprint density at radius 1 is 1.13 bits per heavy atom. The van der Waals surface area contributed by atoms with Crippen molar-refractivity contribution in [1.29, 1.82) is 0 Å². The van der Waals surface area contributed by atoms with Crippen LogP contribution >= 0.6 is 15.9 Å². The van der Waals surface area contributed by atoms with Crippen LogP contribution in [0.4, 0.5) is 4.79 Å². The highest BCUT2D eigenvalue weighted by Gasteiger charge is 2.65. The molecule has 0 bridgehead atoms. The highest BCUT2D eigenvalue weighted by molar-refractivity contribution is 9.09. The molecule has 0 radical (unpaired) electrons. The van der Waals surface area contributed by atoms with Crippen molar-refractivity contribution in [2.45, 2.75) is 35.9 Å². The first-order chi connectivity index (χ1) is 14.9. The van der Waals surface area contributed by atoms with E-state index in [0.29, 0.717) is 12.4 Å². The van der Waals surface area contributed by atoms with E-state index in [0.717, 1.165) is 16.0 Å². The van der Waals surface area contributed by atoms with E-state index in [-0.39, 0.29) is 13.2 Å². The van der Waals surface area contributed by atoms with E-state index in [2.05, 4.69) is 21.2 Å². The van der Waals surface area contributed by atoms with Gasteiger partial charge in [0.05, 0.1) is 26.9 Å². The fourth-order valence-electron chi connectivity index (χ4n) is 3.70. The van der Waals surface area contributed by atoms with Crippen LogP contribution in [-0.2, 0) is 27.4 Å². The van der Waals surface area contributed by atoms with Gasteiger partial charge in [-0.25, -0.2) is 4.79 Å². The number of aliphatic hydroxyl groups excluding tert-OH is 1. The van der Waals surface area contributed by atoms with E-state index in [9.17, 15) is 14.7 Å². The second kappa shape index (κ2) is 8.96. The van der Waals surface area contributed by atoms with Gasteiger partial charge >= 0.3 is 6.03 Å². The van der Waals surface area contributed by atoms with Crippen LogP contribution < -0.4 is 10.1 Å². The van der Waals surface area contributed by atoms with E-state index < -0.39 is 34.7 Å². The standard InChI is InChI=1S/C22H23BrN2O6/c1-29-16-9-7-14(8-10-16)11-25-20(27)22(24-21(25)28)19(23)18(26)17(31-22)13-30-12-15-5-3-2-4-6-15/h2-10,17-19,26H,11-13H2,1H3,(H,24,28)/t17-,18+,19?,22?/m1/s1. The predicted molar refractivity (Wildman–Crippen MR) is 114 cm³/mol. The molecule has 4 atom stereocenters. The fraction of sp³-hybridized carbons (Fsp3) is 0.364. The van der Waals surface area contributed by atoms with Crippen molar-refractivity contribution >= 4 is 27.9 Å². The summed E-state index contributed by atoms with van der Waals surface area (Å²) < 4.78 is 16.7.